The molecule has 0 aromatic rings. The van der Waals surface area contributed by atoms with Crippen molar-refractivity contribution in [3.05, 3.63) is 23.8 Å². The smallest absolute Gasteiger partial charge is 0.0723 e. The van der Waals surface area contributed by atoms with E-state index in [0.29, 0.717) is 29.8 Å². The van der Waals surface area contributed by atoms with Crippen LogP contribution in [0.4, 0.5) is 0 Å². The number of nitrogens with zero attached hydrogens (tertiary/aromatic N) is 1. The van der Waals surface area contributed by atoms with Crippen LogP contribution in [0.2, 0.25) is 0 Å². The lowest BCUT2D eigenvalue weighted by Crippen LogP contribution is -2.41. The van der Waals surface area contributed by atoms with Gasteiger partial charge in [0.25, 0.3) is 0 Å². The predicted molar refractivity (Wildman–Crippen MR) is 137 cm³/mol. The summed E-state index contributed by atoms with van der Waals surface area (Å²) in [6, 6.07) is 1.17. The third-order valence-corrected chi connectivity index (χ3v) is 7.70. The van der Waals surface area contributed by atoms with Gasteiger partial charge in [-0.1, -0.05) is 56.9 Å². The van der Waals surface area contributed by atoms with Gasteiger partial charge in [-0.05, 0) is 77.7 Å². The minimum absolute atomic E-state index is 0.188. The van der Waals surface area contributed by atoms with Gasteiger partial charge in [0.15, 0.2) is 0 Å². The Balaban J connectivity index is 1.73. The molecular formula is C28H52N2O2. The van der Waals surface area contributed by atoms with Crippen LogP contribution in [-0.4, -0.2) is 59.0 Å². The topological polar surface area (TPSA) is 55.7 Å². The first-order valence-corrected chi connectivity index (χ1v) is 13.4. The maximum atomic E-state index is 10.6. The summed E-state index contributed by atoms with van der Waals surface area (Å²) in [6.45, 7) is 16.7. The second kappa shape index (κ2) is 13.9. The first-order chi connectivity index (χ1) is 15.2. The van der Waals surface area contributed by atoms with E-state index in [1.165, 1.54) is 19.3 Å². The van der Waals surface area contributed by atoms with E-state index in [9.17, 15) is 10.2 Å². The average Bonchev–Trinajstić information content (AvgIpc) is 3.23. The summed E-state index contributed by atoms with van der Waals surface area (Å²) >= 11 is 0. The van der Waals surface area contributed by atoms with Gasteiger partial charge in [-0.2, -0.15) is 0 Å². The Morgan fingerprint density at radius 2 is 1.88 bits per heavy atom. The van der Waals surface area contributed by atoms with E-state index in [0.717, 1.165) is 45.3 Å². The highest BCUT2D eigenvalue weighted by Gasteiger charge is 2.43. The Kier molecular flexibility index (Phi) is 12.0. The molecule has 6 atom stereocenters. The van der Waals surface area contributed by atoms with Crippen molar-refractivity contribution in [2.45, 2.75) is 111 Å². The predicted octanol–water partition coefficient (Wildman–Crippen LogP) is 5.16. The molecule has 32 heavy (non-hydrogen) atoms. The van der Waals surface area contributed by atoms with Crippen molar-refractivity contribution in [3.63, 3.8) is 0 Å². The van der Waals surface area contributed by atoms with Gasteiger partial charge in [-0.15, -0.1) is 0 Å². The first kappa shape index (κ1) is 27.6. The zero-order chi connectivity index (χ0) is 23.7. The summed E-state index contributed by atoms with van der Waals surface area (Å²) in [5.74, 6) is 1.76. The highest BCUT2D eigenvalue weighted by atomic mass is 16.3. The van der Waals surface area contributed by atoms with Crippen LogP contribution in [0.3, 0.4) is 0 Å². The lowest BCUT2D eigenvalue weighted by molar-refractivity contribution is 0.139. The first-order valence-electron chi connectivity index (χ1n) is 13.4. The van der Waals surface area contributed by atoms with Crippen LogP contribution in [0.1, 0.15) is 86.5 Å². The summed E-state index contributed by atoms with van der Waals surface area (Å²) in [6.07, 6.45) is 13.4. The molecule has 0 aromatic heterocycles. The van der Waals surface area contributed by atoms with E-state index in [1.807, 2.05) is 6.08 Å². The lowest BCUT2D eigenvalue weighted by atomic mass is 9.88. The molecule has 0 spiro atoms. The fraction of sp³-hybridized carbons (Fsp3) is 0.857. The number of unbranched alkanes of at least 4 members (excludes halogenated alkanes) is 1. The van der Waals surface area contributed by atoms with Gasteiger partial charge in [-0.3, -0.25) is 4.90 Å². The molecule has 0 amide bonds. The SMILES string of the molecule is CCCC[C@H](C)C[C@H](O)/C=C/[C@@H]1[C@H]2CC(CCNCCN(C(C)C)C(C)C)=C[C@H]2C[C@H]1O. The van der Waals surface area contributed by atoms with Gasteiger partial charge >= 0.3 is 0 Å². The second-order valence-electron chi connectivity index (χ2n) is 11.1. The summed E-state index contributed by atoms with van der Waals surface area (Å²) < 4.78 is 0. The van der Waals surface area contributed by atoms with Gasteiger partial charge in [-0.25, -0.2) is 0 Å². The van der Waals surface area contributed by atoms with Crippen LogP contribution in [0, 0.1) is 23.7 Å². The molecule has 0 heterocycles. The lowest BCUT2D eigenvalue weighted by Gasteiger charge is -2.30. The van der Waals surface area contributed by atoms with Crippen molar-refractivity contribution in [2.75, 3.05) is 19.6 Å². The summed E-state index contributed by atoms with van der Waals surface area (Å²) in [5.41, 5.74) is 1.55. The average molecular weight is 449 g/mol. The van der Waals surface area contributed by atoms with Crippen molar-refractivity contribution < 1.29 is 10.2 Å². The van der Waals surface area contributed by atoms with E-state index >= 15 is 0 Å². The van der Waals surface area contributed by atoms with E-state index in [-0.39, 0.29) is 18.1 Å². The second-order valence-corrected chi connectivity index (χ2v) is 11.1. The van der Waals surface area contributed by atoms with Gasteiger partial charge in [0.2, 0.25) is 0 Å². The van der Waals surface area contributed by atoms with Crippen LogP contribution in [-0.2, 0) is 0 Å². The third-order valence-electron chi connectivity index (χ3n) is 7.70. The monoisotopic (exact) mass is 448 g/mol. The van der Waals surface area contributed by atoms with Gasteiger partial charge < -0.3 is 15.5 Å². The van der Waals surface area contributed by atoms with E-state index in [2.05, 4.69) is 63.9 Å². The van der Waals surface area contributed by atoms with Crippen LogP contribution in [0.25, 0.3) is 0 Å². The normalized spacial score (nSPS) is 27.7. The van der Waals surface area contributed by atoms with Gasteiger partial charge in [0, 0.05) is 31.1 Å². The minimum atomic E-state index is -0.387. The van der Waals surface area contributed by atoms with Crippen molar-refractivity contribution in [1.29, 1.82) is 0 Å². The Hall–Kier alpha value is -0.680. The number of aliphatic hydroxyl groups is 2. The quantitative estimate of drug-likeness (QED) is 0.239. The molecule has 186 valence electrons. The van der Waals surface area contributed by atoms with E-state index in [4.69, 9.17) is 0 Å². The minimum Gasteiger partial charge on any atom is -0.392 e. The maximum Gasteiger partial charge on any atom is 0.0723 e. The largest absolute Gasteiger partial charge is 0.392 e. The van der Waals surface area contributed by atoms with Crippen molar-refractivity contribution >= 4 is 0 Å². The fourth-order valence-electron chi connectivity index (χ4n) is 5.90. The molecule has 0 saturated heterocycles. The number of aliphatic hydroxyl groups excluding tert-OH is 2. The molecule has 1 fully saturated rings. The van der Waals surface area contributed by atoms with Crippen LogP contribution in [0.15, 0.2) is 23.8 Å². The van der Waals surface area contributed by atoms with Gasteiger partial charge in [0.1, 0.15) is 0 Å². The number of hydrogen-bond acceptors (Lipinski definition) is 4. The molecule has 0 aromatic carbocycles. The highest BCUT2D eigenvalue weighted by molar-refractivity contribution is 5.21. The van der Waals surface area contributed by atoms with Crippen molar-refractivity contribution in [2.24, 2.45) is 23.7 Å². The summed E-state index contributed by atoms with van der Waals surface area (Å²) in [4.78, 5) is 2.53. The van der Waals surface area contributed by atoms with Crippen LogP contribution >= 0.6 is 0 Å². The number of nitrogens with one attached hydrogen (secondary N) is 1. The molecule has 2 aliphatic carbocycles. The fourth-order valence-corrected chi connectivity index (χ4v) is 5.90. The van der Waals surface area contributed by atoms with Gasteiger partial charge in [0.05, 0.1) is 12.2 Å². The molecule has 0 unspecified atom stereocenters. The van der Waals surface area contributed by atoms with E-state index in [1.54, 1.807) is 5.57 Å². The molecule has 2 rings (SSSR count). The number of allylic oxidation sites excluding steroid dienone is 1. The summed E-state index contributed by atoms with van der Waals surface area (Å²) in [7, 11) is 0. The molecule has 0 radical (unpaired) electrons. The molecule has 4 nitrogen and oxygen atoms in total. The Morgan fingerprint density at radius 3 is 2.53 bits per heavy atom. The highest BCUT2D eigenvalue weighted by Crippen LogP contribution is 2.47. The zero-order valence-corrected chi connectivity index (χ0v) is 21.8. The number of rotatable bonds is 15. The molecule has 3 N–H and O–H groups in total. The molecule has 1 saturated carbocycles. The Labute approximate surface area is 198 Å². The number of hydrogen-bond donors (Lipinski definition) is 3. The Bertz CT molecular complexity index is 578. The van der Waals surface area contributed by atoms with Crippen LogP contribution < -0.4 is 5.32 Å². The zero-order valence-electron chi connectivity index (χ0n) is 21.8. The summed E-state index contributed by atoms with van der Waals surface area (Å²) in [5, 5.41) is 24.7. The van der Waals surface area contributed by atoms with E-state index < -0.39 is 0 Å². The maximum absolute atomic E-state index is 10.6. The number of fused-ring (bicyclic) bond motifs is 1. The van der Waals surface area contributed by atoms with Crippen LogP contribution in [0.5, 0.6) is 0 Å². The molecule has 0 aliphatic heterocycles. The Morgan fingerprint density at radius 1 is 1.16 bits per heavy atom. The van der Waals surface area contributed by atoms with Crippen molar-refractivity contribution in [3.8, 4) is 0 Å². The third kappa shape index (κ3) is 8.59. The molecule has 2 aliphatic rings. The van der Waals surface area contributed by atoms with Crippen molar-refractivity contribution in [1.82, 2.24) is 10.2 Å². The molecule has 4 heteroatoms. The molecular weight excluding hydrogens is 396 g/mol. The standard InChI is InChI=1S/C28H52N2O2/c1-7-8-9-22(6)16-25(31)10-11-26-27-18-23(17-24(27)19-28(26)32)12-13-29-14-15-30(20(2)3)21(4)5/h10-11,17,20-22,24-29,31-32H,7-9,12-16,18-19H2,1-6H3/b11-10+/t22-,24-,25+,26+,27-,28+/m0/s1. The molecule has 0 bridgehead atoms.